The van der Waals surface area contributed by atoms with E-state index < -0.39 is 46.9 Å². The van der Waals surface area contributed by atoms with Crippen LogP contribution in [0.15, 0.2) is 66.7 Å². The van der Waals surface area contributed by atoms with Crippen LogP contribution in [0, 0.1) is 11.6 Å². The third-order valence-corrected chi connectivity index (χ3v) is 4.61. The molecule has 0 saturated heterocycles. The van der Waals surface area contributed by atoms with Crippen LogP contribution in [0.2, 0.25) is 5.02 Å². The molecule has 3 aromatic carbocycles. The van der Waals surface area contributed by atoms with Crippen LogP contribution in [0.4, 0.5) is 27.6 Å². The summed E-state index contributed by atoms with van der Waals surface area (Å²) in [4.78, 5) is 25.3. The van der Waals surface area contributed by atoms with Gasteiger partial charge in [0, 0.05) is 5.56 Å². The van der Waals surface area contributed by atoms with Crippen molar-refractivity contribution in [2.45, 2.75) is 12.3 Å². The van der Waals surface area contributed by atoms with Crippen molar-refractivity contribution in [1.29, 1.82) is 0 Å². The van der Waals surface area contributed by atoms with E-state index in [0.29, 0.717) is 6.07 Å². The Labute approximate surface area is 183 Å². The van der Waals surface area contributed by atoms with E-state index in [-0.39, 0.29) is 16.3 Å². The standard InChI is InChI=1S/C22H13ClF5NO3/c23-14-10-9-13(22(26,27)28)11-17(14)29-20(30)19(12-5-2-1-3-6-12)32-21(31)18-15(24)7-4-8-16(18)25/h1-11,19H,(H,29,30)/t19-/m1/s1. The highest BCUT2D eigenvalue weighted by Crippen LogP contribution is 2.34. The Morgan fingerprint density at radius 2 is 1.53 bits per heavy atom. The summed E-state index contributed by atoms with van der Waals surface area (Å²) in [5.74, 6) is -4.96. The molecule has 0 aliphatic heterocycles. The van der Waals surface area contributed by atoms with E-state index in [2.05, 4.69) is 5.32 Å². The largest absolute Gasteiger partial charge is 0.444 e. The number of hydrogen-bond donors (Lipinski definition) is 1. The maximum absolute atomic E-state index is 13.9. The number of halogens is 6. The molecule has 0 aliphatic rings. The second kappa shape index (κ2) is 9.35. The summed E-state index contributed by atoms with van der Waals surface area (Å²) in [5.41, 5.74) is -2.36. The molecule has 10 heteroatoms. The summed E-state index contributed by atoms with van der Waals surface area (Å²) in [7, 11) is 0. The van der Waals surface area contributed by atoms with E-state index in [4.69, 9.17) is 16.3 Å². The zero-order valence-corrected chi connectivity index (χ0v) is 16.7. The van der Waals surface area contributed by atoms with Crippen molar-refractivity contribution in [3.63, 3.8) is 0 Å². The Morgan fingerprint density at radius 1 is 0.906 bits per heavy atom. The number of hydrogen-bond acceptors (Lipinski definition) is 3. The Hall–Kier alpha value is -3.46. The summed E-state index contributed by atoms with van der Waals surface area (Å²) < 4.78 is 71.9. The fraction of sp³-hybridized carbons (Fsp3) is 0.0909. The minimum atomic E-state index is -4.70. The average molecular weight is 470 g/mol. The van der Waals surface area contributed by atoms with Gasteiger partial charge in [0.1, 0.15) is 17.2 Å². The van der Waals surface area contributed by atoms with Crippen LogP contribution in [0.3, 0.4) is 0 Å². The first kappa shape index (κ1) is 23.2. The smallest absolute Gasteiger partial charge is 0.416 e. The van der Waals surface area contributed by atoms with Crippen molar-refractivity contribution >= 4 is 29.2 Å². The van der Waals surface area contributed by atoms with E-state index in [1.807, 2.05) is 0 Å². The van der Waals surface area contributed by atoms with Crippen LogP contribution in [-0.4, -0.2) is 11.9 Å². The lowest BCUT2D eigenvalue weighted by molar-refractivity contribution is -0.137. The second-order valence-corrected chi connectivity index (χ2v) is 6.88. The Balaban J connectivity index is 1.94. The second-order valence-electron chi connectivity index (χ2n) is 6.47. The van der Waals surface area contributed by atoms with Crippen LogP contribution >= 0.6 is 11.6 Å². The molecular formula is C22H13ClF5NO3. The van der Waals surface area contributed by atoms with Gasteiger partial charge < -0.3 is 10.1 Å². The lowest BCUT2D eigenvalue weighted by Crippen LogP contribution is -2.27. The highest BCUT2D eigenvalue weighted by atomic mass is 35.5. The molecule has 1 amide bonds. The molecule has 0 saturated carbocycles. The summed E-state index contributed by atoms with van der Waals surface area (Å²) >= 11 is 5.90. The molecule has 1 N–H and O–H groups in total. The molecule has 0 heterocycles. The number of amides is 1. The molecule has 0 radical (unpaired) electrons. The number of alkyl halides is 3. The molecule has 32 heavy (non-hydrogen) atoms. The number of carbonyl (C=O) groups excluding carboxylic acids is 2. The average Bonchev–Trinajstić information content (AvgIpc) is 2.73. The molecule has 4 nitrogen and oxygen atoms in total. The van der Waals surface area contributed by atoms with Gasteiger partial charge in [-0.1, -0.05) is 48.0 Å². The zero-order chi connectivity index (χ0) is 23.5. The van der Waals surface area contributed by atoms with Gasteiger partial charge in [-0.3, -0.25) is 4.79 Å². The van der Waals surface area contributed by atoms with Crippen molar-refractivity contribution in [2.24, 2.45) is 0 Å². The number of nitrogens with one attached hydrogen (secondary N) is 1. The van der Waals surface area contributed by atoms with Gasteiger partial charge in [0.25, 0.3) is 5.91 Å². The molecule has 3 rings (SSSR count). The maximum Gasteiger partial charge on any atom is 0.416 e. The minimum Gasteiger partial charge on any atom is -0.444 e. The molecule has 0 bridgehead atoms. The van der Waals surface area contributed by atoms with Crippen LogP contribution in [0.5, 0.6) is 0 Å². The SMILES string of the molecule is O=C(O[C@@H](C(=O)Nc1cc(C(F)(F)F)ccc1Cl)c1ccccc1)c1c(F)cccc1F. The highest BCUT2D eigenvalue weighted by molar-refractivity contribution is 6.33. The van der Waals surface area contributed by atoms with E-state index in [0.717, 1.165) is 30.3 Å². The van der Waals surface area contributed by atoms with Crippen LogP contribution in [0.25, 0.3) is 0 Å². The topological polar surface area (TPSA) is 55.4 Å². The summed E-state index contributed by atoms with van der Waals surface area (Å²) in [6, 6.07) is 12.4. The molecule has 0 spiro atoms. The Morgan fingerprint density at radius 3 is 2.12 bits per heavy atom. The van der Waals surface area contributed by atoms with Crippen molar-refractivity contribution in [3.05, 3.63) is 100 Å². The predicted octanol–water partition coefficient (Wildman–Crippen LogP) is 6.17. The van der Waals surface area contributed by atoms with E-state index >= 15 is 0 Å². The lowest BCUT2D eigenvalue weighted by atomic mass is 10.1. The number of carbonyl (C=O) groups is 2. The molecule has 0 aliphatic carbocycles. The number of ether oxygens (including phenoxy) is 1. The number of esters is 1. The summed E-state index contributed by atoms with van der Waals surface area (Å²) in [6.07, 6.45) is -6.44. The number of rotatable bonds is 5. The van der Waals surface area contributed by atoms with Crippen molar-refractivity contribution < 1.29 is 36.3 Å². The quantitative estimate of drug-likeness (QED) is 0.359. The summed E-state index contributed by atoms with van der Waals surface area (Å²) in [6.45, 7) is 0. The monoisotopic (exact) mass is 469 g/mol. The van der Waals surface area contributed by atoms with Crippen molar-refractivity contribution in [2.75, 3.05) is 5.32 Å². The first-order valence-corrected chi connectivity index (χ1v) is 9.33. The van der Waals surface area contributed by atoms with Gasteiger partial charge in [0.05, 0.1) is 16.3 Å². The van der Waals surface area contributed by atoms with Crippen LogP contribution < -0.4 is 5.32 Å². The lowest BCUT2D eigenvalue weighted by Gasteiger charge is -2.19. The summed E-state index contributed by atoms with van der Waals surface area (Å²) in [5, 5.41) is 1.97. The fourth-order valence-electron chi connectivity index (χ4n) is 2.76. The van der Waals surface area contributed by atoms with Gasteiger partial charge in [0.2, 0.25) is 6.10 Å². The van der Waals surface area contributed by atoms with Gasteiger partial charge in [-0.05, 0) is 30.3 Å². The number of anilines is 1. The normalized spacial score (nSPS) is 12.2. The molecule has 0 unspecified atom stereocenters. The molecule has 3 aromatic rings. The first-order valence-electron chi connectivity index (χ1n) is 8.95. The van der Waals surface area contributed by atoms with Crippen LogP contribution in [-0.2, 0) is 15.7 Å². The van der Waals surface area contributed by atoms with Gasteiger partial charge in [-0.2, -0.15) is 13.2 Å². The van der Waals surface area contributed by atoms with Crippen molar-refractivity contribution in [3.8, 4) is 0 Å². The molecule has 1 atom stereocenters. The molecular weight excluding hydrogens is 457 g/mol. The first-order chi connectivity index (χ1) is 15.1. The third kappa shape index (κ3) is 5.23. The minimum absolute atomic E-state index is 0.109. The van der Waals surface area contributed by atoms with Crippen molar-refractivity contribution in [1.82, 2.24) is 0 Å². The van der Waals surface area contributed by atoms with Gasteiger partial charge in [-0.15, -0.1) is 0 Å². The van der Waals surface area contributed by atoms with E-state index in [9.17, 15) is 31.5 Å². The maximum atomic E-state index is 13.9. The van der Waals surface area contributed by atoms with Crippen LogP contribution in [0.1, 0.15) is 27.6 Å². The predicted molar refractivity (Wildman–Crippen MR) is 106 cm³/mol. The molecule has 0 fully saturated rings. The Kier molecular flexibility index (Phi) is 6.78. The molecule has 166 valence electrons. The number of benzene rings is 3. The highest BCUT2D eigenvalue weighted by Gasteiger charge is 2.32. The molecule has 0 aromatic heterocycles. The van der Waals surface area contributed by atoms with E-state index in [1.165, 1.54) is 24.3 Å². The van der Waals surface area contributed by atoms with E-state index in [1.54, 1.807) is 6.07 Å². The van der Waals surface area contributed by atoms with Gasteiger partial charge in [-0.25, -0.2) is 13.6 Å². The third-order valence-electron chi connectivity index (χ3n) is 4.28. The fourth-order valence-corrected chi connectivity index (χ4v) is 2.92. The zero-order valence-electron chi connectivity index (χ0n) is 15.9. The van der Waals surface area contributed by atoms with Gasteiger partial charge >= 0.3 is 12.1 Å². The Bertz CT molecular complexity index is 1130. The van der Waals surface area contributed by atoms with Gasteiger partial charge in [0.15, 0.2) is 0 Å².